The first-order chi connectivity index (χ1) is 10.5. The molecule has 0 heterocycles. The van der Waals surface area contributed by atoms with E-state index in [0.29, 0.717) is 24.4 Å². The summed E-state index contributed by atoms with van der Waals surface area (Å²) in [5, 5.41) is 7.18. The average molecular weight is 323 g/mol. The molecule has 1 saturated carbocycles. The van der Waals surface area contributed by atoms with Crippen LogP contribution in [0.2, 0.25) is 5.02 Å². The molecule has 122 valence electrons. The molecule has 1 aromatic rings. The van der Waals surface area contributed by atoms with E-state index in [1.165, 1.54) is 12.8 Å². The van der Waals surface area contributed by atoms with Crippen LogP contribution in [0.15, 0.2) is 24.3 Å². The minimum Gasteiger partial charge on any atom is -0.352 e. The lowest BCUT2D eigenvalue weighted by Gasteiger charge is -2.34. The molecule has 0 saturated heterocycles. The van der Waals surface area contributed by atoms with Crippen LogP contribution in [-0.2, 0) is 4.79 Å². The van der Waals surface area contributed by atoms with E-state index < -0.39 is 0 Å². The summed E-state index contributed by atoms with van der Waals surface area (Å²) in [5.74, 6) is 1.32. The van der Waals surface area contributed by atoms with Gasteiger partial charge in [0, 0.05) is 17.1 Å². The van der Waals surface area contributed by atoms with E-state index in [2.05, 4.69) is 24.5 Å². The van der Waals surface area contributed by atoms with Gasteiger partial charge in [0.2, 0.25) is 5.91 Å². The SMILES string of the molecule is C[C@H]1[C@@H](NC(=O)CN[C@@H](C)c2ccccc2Cl)CCC[C@@H]1C. The molecule has 4 atom stereocenters. The molecule has 3 nitrogen and oxygen atoms in total. The number of carbonyl (C=O) groups is 1. The van der Waals surface area contributed by atoms with Crippen molar-refractivity contribution in [3.05, 3.63) is 34.9 Å². The highest BCUT2D eigenvalue weighted by atomic mass is 35.5. The maximum absolute atomic E-state index is 12.2. The van der Waals surface area contributed by atoms with E-state index in [9.17, 15) is 4.79 Å². The molecule has 1 aliphatic carbocycles. The molecule has 2 rings (SSSR count). The smallest absolute Gasteiger partial charge is 0.234 e. The minimum absolute atomic E-state index is 0.0575. The first-order valence-corrected chi connectivity index (χ1v) is 8.64. The van der Waals surface area contributed by atoms with Gasteiger partial charge in [0.05, 0.1) is 6.54 Å². The molecule has 1 fully saturated rings. The standard InChI is InChI=1S/C18H27ClN2O/c1-12-7-6-10-17(13(12)2)21-18(22)11-20-14(3)15-8-4-5-9-16(15)19/h4-5,8-9,12-14,17,20H,6-7,10-11H2,1-3H3,(H,21,22)/t12-,13+,14-,17-/m0/s1. The zero-order chi connectivity index (χ0) is 16.1. The van der Waals surface area contributed by atoms with Crippen LogP contribution >= 0.6 is 11.6 Å². The summed E-state index contributed by atoms with van der Waals surface area (Å²) in [6, 6.07) is 8.11. The molecule has 0 bridgehead atoms. The van der Waals surface area contributed by atoms with Crippen LogP contribution < -0.4 is 10.6 Å². The Hall–Kier alpha value is -1.06. The maximum atomic E-state index is 12.2. The topological polar surface area (TPSA) is 41.1 Å². The van der Waals surface area contributed by atoms with Gasteiger partial charge in [0.25, 0.3) is 0 Å². The highest BCUT2D eigenvalue weighted by Gasteiger charge is 2.28. The molecular weight excluding hydrogens is 296 g/mol. The predicted molar refractivity (Wildman–Crippen MR) is 92.0 cm³/mol. The Kier molecular flexibility index (Phi) is 6.27. The third-order valence-corrected chi connectivity index (χ3v) is 5.34. The van der Waals surface area contributed by atoms with Gasteiger partial charge in [-0.3, -0.25) is 4.79 Å². The number of amides is 1. The van der Waals surface area contributed by atoms with Crippen molar-refractivity contribution in [1.29, 1.82) is 0 Å². The summed E-state index contributed by atoms with van der Waals surface area (Å²) in [4.78, 5) is 12.2. The highest BCUT2D eigenvalue weighted by molar-refractivity contribution is 6.31. The molecule has 0 radical (unpaired) electrons. The number of benzene rings is 1. The van der Waals surface area contributed by atoms with Gasteiger partial charge in [-0.1, -0.05) is 56.5 Å². The fourth-order valence-corrected chi connectivity index (χ4v) is 3.52. The summed E-state index contributed by atoms with van der Waals surface area (Å²) in [6.45, 7) is 6.87. The number of hydrogen-bond acceptors (Lipinski definition) is 2. The van der Waals surface area contributed by atoms with Gasteiger partial charge in [-0.05, 0) is 36.8 Å². The van der Waals surface area contributed by atoms with Crippen LogP contribution in [0, 0.1) is 11.8 Å². The van der Waals surface area contributed by atoms with Gasteiger partial charge in [-0.15, -0.1) is 0 Å². The van der Waals surface area contributed by atoms with E-state index in [4.69, 9.17) is 11.6 Å². The molecule has 22 heavy (non-hydrogen) atoms. The molecule has 0 aliphatic heterocycles. The molecule has 2 N–H and O–H groups in total. The van der Waals surface area contributed by atoms with E-state index in [0.717, 1.165) is 17.0 Å². The van der Waals surface area contributed by atoms with E-state index in [1.807, 2.05) is 31.2 Å². The van der Waals surface area contributed by atoms with Gasteiger partial charge in [0.1, 0.15) is 0 Å². The number of nitrogens with one attached hydrogen (secondary N) is 2. The van der Waals surface area contributed by atoms with E-state index >= 15 is 0 Å². The molecule has 1 aliphatic rings. The third kappa shape index (κ3) is 4.47. The van der Waals surface area contributed by atoms with Crippen molar-refractivity contribution in [2.75, 3.05) is 6.54 Å². The molecule has 1 amide bonds. The van der Waals surface area contributed by atoms with Crippen LogP contribution in [0.1, 0.15) is 51.6 Å². The summed E-state index contributed by atoms with van der Waals surface area (Å²) >= 11 is 6.18. The largest absolute Gasteiger partial charge is 0.352 e. The zero-order valence-electron chi connectivity index (χ0n) is 13.7. The second-order valence-corrected chi connectivity index (χ2v) is 6.97. The van der Waals surface area contributed by atoms with E-state index in [-0.39, 0.29) is 11.9 Å². The van der Waals surface area contributed by atoms with Crippen LogP contribution in [0.4, 0.5) is 0 Å². The molecule has 1 aromatic carbocycles. The predicted octanol–water partition coefficient (Wildman–Crippen LogP) is 3.93. The average Bonchev–Trinajstić information content (AvgIpc) is 2.50. The second kappa shape index (κ2) is 7.98. The Morgan fingerprint density at radius 3 is 2.77 bits per heavy atom. The first kappa shape index (κ1) is 17.3. The molecule has 0 unspecified atom stereocenters. The number of halogens is 1. The Morgan fingerprint density at radius 1 is 1.32 bits per heavy atom. The Bertz CT molecular complexity index is 506. The van der Waals surface area contributed by atoms with Gasteiger partial charge in [-0.25, -0.2) is 0 Å². The lowest BCUT2D eigenvalue weighted by molar-refractivity contribution is -0.121. The fourth-order valence-electron chi connectivity index (χ4n) is 3.23. The van der Waals surface area contributed by atoms with Crippen LogP contribution in [0.5, 0.6) is 0 Å². The lowest BCUT2D eigenvalue weighted by Crippen LogP contribution is -2.46. The van der Waals surface area contributed by atoms with Crippen molar-refractivity contribution >= 4 is 17.5 Å². The third-order valence-electron chi connectivity index (χ3n) is 4.99. The minimum atomic E-state index is 0.0575. The molecule has 4 heteroatoms. The highest BCUT2D eigenvalue weighted by Crippen LogP contribution is 2.29. The van der Waals surface area contributed by atoms with Crippen molar-refractivity contribution in [3.8, 4) is 0 Å². The summed E-state index contributed by atoms with van der Waals surface area (Å²) in [7, 11) is 0. The lowest BCUT2D eigenvalue weighted by atomic mass is 9.78. The van der Waals surface area contributed by atoms with Gasteiger partial charge in [0.15, 0.2) is 0 Å². The van der Waals surface area contributed by atoms with Crippen molar-refractivity contribution in [3.63, 3.8) is 0 Å². The van der Waals surface area contributed by atoms with Crippen molar-refractivity contribution in [2.24, 2.45) is 11.8 Å². The van der Waals surface area contributed by atoms with Crippen LogP contribution in [-0.4, -0.2) is 18.5 Å². The van der Waals surface area contributed by atoms with Crippen molar-refractivity contribution < 1.29 is 4.79 Å². The van der Waals surface area contributed by atoms with Gasteiger partial charge in [-0.2, -0.15) is 0 Å². The van der Waals surface area contributed by atoms with Gasteiger partial charge >= 0.3 is 0 Å². The quantitative estimate of drug-likeness (QED) is 0.862. The fraction of sp³-hybridized carbons (Fsp3) is 0.611. The summed E-state index contributed by atoms with van der Waals surface area (Å²) < 4.78 is 0. The number of rotatable bonds is 5. The van der Waals surface area contributed by atoms with Crippen LogP contribution in [0.3, 0.4) is 0 Å². The van der Waals surface area contributed by atoms with Gasteiger partial charge < -0.3 is 10.6 Å². The molecule has 0 spiro atoms. The Balaban J connectivity index is 1.81. The summed E-state index contributed by atoms with van der Waals surface area (Å²) in [5.41, 5.74) is 1.02. The van der Waals surface area contributed by atoms with Crippen molar-refractivity contribution in [2.45, 2.75) is 52.1 Å². The maximum Gasteiger partial charge on any atom is 0.234 e. The monoisotopic (exact) mass is 322 g/mol. The molecular formula is C18H27ClN2O. The Morgan fingerprint density at radius 2 is 2.05 bits per heavy atom. The summed E-state index contributed by atoms with van der Waals surface area (Å²) in [6.07, 6.45) is 3.58. The second-order valence-electron chi connectivity index (χ2n) is 6.57. The zero-order valence-corrected chi connectivity index (χ0v) is 14.5. The van der Waals surface area contributed by atoms with Crippen LogP contribution in [0.25, 0.3) is 0 Å². The first-order valence-electron chi connectivity index (χ1n) is 8.26. The van der Waals surface area contributed by atoms with Crippen molar-refractivity contribution in [1.82, 2.24) is 10.6 Å². The number of carbonyl (C=O) groups excluding carboxylic acids is 1. The molecule has 0 aromatic heterocycles. The van der Waals surface area contributed by atoms with E-state index in [1.54, 1.807) is 0 Å². The Labute approximate surface area is 138 Å². The number of hydrogen-bond donors (Lipinski definition) is 2. The normalized spacial score (nSPS) is 26.5.